The number of hydrogen-bond acceptors (Lipinski definition) is 6. The number of H-pyrrole nitrogens is 1. The largest absolute Gasteiger partial charge is 0.412 e. The van der Waals surface area contributed by atoms with Crippen LogP contribution in [0.1, 0.15) is 12.8 Å². The number of aromatic nitrogens is 5. The number of carbonyl (C=O) groups excluding carboxylic acids is 1. The first-order valence-corrected chi connectivity index (χ1v) is 9.18. The van der Waals surface area contributed by atoms with Crippen LogP contribution in [0.25, 0.3) is 33.5 Å². The van der Waals surface area contributed by atoms with Gasteiger partial charge in [-0.2, -0.15) is 5.10 Å². The first kappa shape index (κ1) is 17.6. The topological polar surface area (TPSA) is 124 Å². The normalized spacial score (nSPS) is 18.7. The molecule has 0 radical (unpaired) electrons. The Morgan fingerprint density at radius 2 is 2.24 bits per heavy atom. The number of ether oxygens (including phenoxy) is 1. The number of nitrogens with two attached hydrogens (primary N) is 1. The van der Waals surface area contributed by atoms with Gasteiger partial charge in [0.15, 0.2) is 16.9 Å². The molecule has 29 heavy (non-hydrogen) atoms. The van der Waals surface area contributed by atoms with E-state index in [1.165, 1.54) is 18.3 Å². The summed E-state index contributed by atoms with van der Waals surface area (Å²) in [5.41, 5.74) is 8.32. The van der Waals surface area contributed by atoms with Crippen molar-refractivity contribution >= 4 is 28.2 Å². The summed E-state index contributed by atoms with van der Waals surface area (Å²) in [5, 5.41) is 7.98. The smallest absolute Gasteiger partial charge is 0.406 e. The Morgan fingerprint density at radius 3 is 3.03 bits per heavy atom. The Morgan fingerprint density at radius 1 is 1.41 bits per heavy atom. The number of aryl methyl sites for hydroxylation is 1. The number of amides is 1. The molecule has 0 atom stereocenters. The van der Waals surface area contributed by atoms with Gasteiger partial charge < -0.3 is 20.8 Å². The van der Waals surface area contributed by atoms with Gasteiger partial charge in [0, 0.05) is 30.7 Å². The molecule has 4 aromatic rings. The van der Waals surface area contributed by atoms with Crippen LogP contribution in [-0.4, -0.2) is 42.9 Å². The fraction of sp³-hybridized carbons (Fsp3) is 0.263. The van der Waals surface area contributed by atoms with Gasteiger partial charge in [-0.3, -0.25) is 4.68 Å². The summed E-state index contributed by atoms with van der Waals surface area (Å²) in [6, 6.07) is 4.61. The standard InChI is InChI=1S/C19H18FN7O2/c1-27-14-4-9(20)2-3-12(14)16(26-27)13-7-22-18-17(25-13)15(8-23-18)29-19(28)24-11-5-10(21)6-11/h2-4,7-8,10-11H,5-6,21H2,1H3,(H,22,23)(H,24,28)/t10-,11+. The quantitative estimate of drug-likeness (QED) is 0.489. The number of halogens is 1. The zero-order valence-electron chi connectivity index (χ0n) is 15.5. The minimum Gasteiger partial charge on any atom is -0.406 e. The van der Waals surface area contributed by atoms with Gasteiger partial charge in [0.2, 0.25) is 0 Å². The molecule has 5 rings (SSSR count). The van der Waals surface area contributed by atoms with Crippen molar-refractivity contribution in [3.63, 3.8) is 0 Å². The second-order valence-corrected chi connectivity index (χ2v) is 7.20. The zero-order chi connectivity index (χ0) is 20.1. The van der Waals surface area contributed by atoms with E-state index in [1.807, 2.05) is 0 Å². The van der Waals surface area contributed by atoms with Crippen molar-refractivity contribution in [1.82, 2.24) is 30.0 Å². The van der Waals surface area contributed by atoms with E-state index < -0.39 is 6.09 Å². The molecule has 4 N–H and O–H groups in total. The third-order valence-corrected chi connectivity index (χ3v) is 5.10. The molecular weight excluding hydrogens is 377 g/mol. The molecule has 0 saturated heterocycles. The Labute approximate surface area is 164 Å². The molecule has 0 unspecified atom stereocenters. The highest BCUT2D eigenvalue weighted by Gasteiger charge is 2.28. The van der Waals surface area contributed by atoms with Crippen LogP contribution in [-0.2, 0) is 7.05 Å². The van der Waals surface area contributed by atoms with Crippen LogP contribution in [0.2, 0.25) is 0 Å². The summed E-state index contributed by atoms with van der Waals surface area (Å²) in [4.78, 5) is 24.0. The van der Waals surface area contributed by atoms with Crippen LogP contribution >= 0.6 is 0 Å². The fourth-order valence-corrected chi connectivity index (χ4v) is 3.56. The average Bonchev–Trinajstić information content (AvgIpc) is 3.21. The van der Waals surface area contributed by atoms with Crippen LogP contribution in [0.5, 0.6) is 5.75 Å². The van der Waals surface area contributed by atoms with Crippen molar-refractivity contribution in [2.45, 2.75) is 24.9 Å². The number of nitrogens with zero attached hydrogens (tertiary/aromatic N) is 4. The molecule has 1 aliphatic rings. The molecule has 0 aliphatic heterocycles. The molecule has 9 nitrogen and oxygen atoms in total. The van der Waals surface area contributed by atoms with Crippen LogP contribution in [0.4, 0.5) is 9.18 Å². The van der Waals surface area contributed by atoms with Gasteiger partial charge in [-0.05, 0) is 31.0 Å². The summed E-state index contributed by atoms with van der Waals surface area (Å²) in [6.07, 6.45) is 4.02. The molecule has 0 spiro atoms. The van der Waals surface area contributed by atoms with E-state index in [2.05, 4.69) is 25.4 Å². The Balaban J connectivity index is 1.48. The lowest BCUT2D eigenvalue weighted by molar-refractivity contribution is 0.184. The van der Waals surface area contributed by atoms with Gasteiger partial charge in [-0.1, -0.05) is 0 Å². The average molecular weight is 395 g/mol. The van der Waals surface area contributed by atoms with E-state index in [4.69, 9.17) is 10.5 Å². The van der Waals surface area contributed by atoms with Crippen LogP contribution in [0, 0.1) is 5.82 Å². The van der Waals surface area contributed by atoms with Crippen LogP contribution < -0.4 is 15.8 Å². The number of carbonyl (C=O) groups is 1. The van der Waals surface area contributed by atoms with Crippen molar-refractivity contribution in [2.24, 2.45) is 12.8 Å². The SMILES string of the molecule is Cn1nc(-c2cnc3[nH]cc(OC(=O)N[C@H]4C[C@@H](N)C4)c3n2)c2ccc(F)cc21. The Kier molecular flexibility index (Phi) is 3.95. The molecule has 3 aromatic heterocycles. The molecule has 148 valence electrons. The lowest BCUT2D eigenvalue weighted by atomic mass is 9.88. The summed E-state index contributed by atoms with van der Waals surface area (Å²) in [7, 11) is 1.73. The van der Waals surface area contributed by atoms with Crippen LogP contribution in [0.15, 0.2) is 30.6 Å². The molecule has 1 aromatic carbocycles. The van der Waals surface area contributed by atoms with Crippen LogP contribution in [0.3, 0.4) is 0 Å². The molecular formula is C19H18FN7O2. The van der Waals surface area contributed by atoms with Crippen molar-refractivity contribution in [3.05, 3.63) is 36.4 Å². The van der Waals surface area contributed by atoms with E-state index in [-0.39, 0.29) is 23.7 Å². The number of aromatic amines is 1. The van der Waals surface area contributed by atoms with Gasteiger partial charge >= 0.3 is 6.09 Å². The van der Waals surface area contributed by atoms with E-state index in [1.54, 1.807) is 24.0 Å². The predicted octanol–water partition coefficient (Wildman–Crippen LogP) is 2.23. The van der Waals surface area contributed by atoms with E-state index in [0.717, 1.165) is 18.2 Å². The molecule has 1 aliphatic carbocycles. The minimum atomic E-state index is -0.561. The van der Waals surface area contributed by atoms with Gasteiger partial charge in [0.25, 0.3) is 0 Å². The number of rotatable bonds is 3. The highest BCUT2D eigenvalue weighted by molar-refractivity contribution is 5.93. The van der Waals surface area contributed by atoms with E-state index in [0.29, 0.717) is 28.1 Å². The van der Waals surface area contributed by atoms with Gasteiger partial charge in [0.1, 0.15) is 17.2 Å². The summed E-state index contributed by atoms with van der Waals surface area (Å²) in [6.45, 7) is 0. The second-order valence-electron chi connectivity index (χ2n) is 7.20. The first-order chi connectivity index (χ1) is 14.0. The zero-order valence-corrected chi connectivity index (χ0v) is 15.5. The van der Waals surface area contributed by atoms with Gasteiger partial charge in [-0.25, -0.2) is 19.2 Å². The number of hydrogen-bond donors (Lipinski definition) is 3. The third kappa shape index (κ3) is 3.07. The highest BCUT2D eigenvalue weighted by atomic mass is 19.1. The molecule has 1 fully saturated rings. The third-order valence-electron chi connectivity index (χ3n) is 5.10. The maximum atomic E-state index is 13.6. The van der Waals surface area contributed by atoms with Crippen molar-refractivity contribution in [3.8, 4) is 17.1 Å². The highest BCUT2D eigenvalue weighted by Crippen LogP contribution is 2.30. The van der Waals surface area contributed by atoms with Crippen molar-refractivity contribution in [1.29, 1.82) is 0 Å². The summed E-state index contributed by atoms with van der Waals surface area (Å²) < 4.78 is 20.6. The lowest BCUT2D eigenvalue weighted by Gasteiger charge is -2.32. The summed E-state index contributed by atoms with van der Waals surface area (Å²) in [5.74, 6) is -0.0740. The number of fused-ring (bicyclic) bond motifs is 2. The second kappa shape index (κ2) is 6.52. The predicted molar refractivity (Wildman–Crippen MR) is 104 cm³/mol. The summed E-state index contributed by atoms with van der Waals surface area (Å²) >= 11 is 0. The van der Waals surface area contributed by atoms with Gasteiger partial charge in [-0.15, -0.1) is 0 Å². The van der Waals surface area contributed by atoms with Crippen molar-refractivity contribution < 1.29 is 13.9 Å². The van der Waals surface area contributed by atoms with E-state index >= 15 is 0 Å². The first-order valence-electron chi connectivity index (χ1n) is 9.18. The molecule has 1 amide bonds. The van der Waals surface area contributed by atoms with Gasteiger partial charge in [0.05, 0.1) is 11.7 Å². The molecule has 0 bridgehead atoms. The Hall–Kier alpha value is -3.53. The Bertz CT molecular complexity index is 1240. The maximum absolute atomic E-state index is 13.6. The maximum Gasteiger partial charge on any atom is 0.412 e. The minimum absolute atomic E-state index is 0.0321. The molecule has 1 saturated carbocycles. The lowest BCUT2D eigenvalue weighted by Crippen LogP contribution is -2.51. The molecule has 3 heterocycles. The monoisotopic (exact) mass is 395 g/mol. The number of benzene rings is 1. The van der Waals surface area contributed by atoms with Crippen molar-refractivity contribution in [2.75, 3.05) is 0 Å². The van der Waals surface area contributed by atoms with E-state index in [9.17, 15) is 9.18 Å². The molecule has 10 heteroatoms. The fourth-order valence-electron chi connectivity index (χ4n) is 3.56. The number of nitrogens with one attached hydrogen (secondary N) is 2.